The maximum absolute atomic E-state index is 4.52. The fraction of sp³-hybridized carbons (Fsp3) is 0. The van der Waals surface area contributed by atoms with E-state index in [2.05, 4.69) is 19.9 Å². The van der Waals surface area contributed by atoms with E-state index in [1.807, 2.05) is 48.5 Å². The molecule has 0 bridgehead atoms. The summed E-state index contributed by atoms with van der Waals surface area (Å²) in [7, 11) is 0. The van der Waals surface area contributed by atoms with Crippen molar-refractivity contribution in [1.29, 1.82) is 0 Å². The third-order valence-corrected chi connectivity index (χ3v) is 2.72. The monoisotopic (exact) mass is 260 g/mol. The number of hydrogen-bond donors (Lipinski definition) is 0. The van der Waals surface area contributed by atoms with Gasteiger partial charge in [0.1, 0.15) is 6.33 Å². The van der Waals surface area contributed by atoms with Crippen LogP contribution in [0.5, 0.6) is 0 Å². The molecule has 0 aliphatic rings. The van der Waals surface area contributed by atoms with Crippen molar-refractivity contribution >= 4 is 22.1 Å². The molecule has 0 atom stereocenters. The second-order valence-electron chi connectivity index (χ2n) is 4.11. The number of benzene rings is 2. The molecule has 4 aromatic rings. The Morgan fingerprint density at radius 1 is 0.500 bits per heavy atom. The SMILES string of the molecule is c1ccc2nc3ccccc3nc2c1.c1cncnc1. The van der Waals surface area contributed by atoms with Crippen LogP contribution in [0.25, 0.3) is 22.1 Å². The molecule has 0 fully saturated rings. The first-order valence-corrected chi connectivity index (χ1v) is 6.25. The summed E-state index contributed by atoms with van der Waals surface area (Å²) >= 11 is 0. The predicted octanol–water partition coefficient (Wildman–Crippen LogP) is 3.26. The minimum atomic E-state index is 0.950. The Hall–Kier alpha value is -2.88. The van der Waals surface area contributed by atoms with E-state index in [1.54, 1.807) is 18.5 Å². The van der Waals surface area contributed by atoms with Crippen LogP contribution in [-0.4, -0.2) is 19.9 Å². The lowest BCUT2D eigenvalue weighted by Gasteiger charge is -1.98. The normalized spacial score (nSPS) is 10.0. The minimum absolute atomic E-state index is 0.950. The third-order valence-electron chi connectivity index (χ3n) is 2.72. The quantitative estimate of drug-likeness (QED) is 0.455. The Kier molecular flexibility index (Phi) is 3.55. The largest absolute Gasteiger partial charge is 0.245 e. The molecule has 0 spiro atoms. The summed E-state index contributed by atoms with van der Waals surface area (Å²) in [6, 6.07) is 17.6. The summed E-state index contributed by atoms with van der Waals surface area (Å²) in [5.41, 5.74) is 3.80. The van der Waals surface area contributed by atoms with Crippen LogP contribution in [0, 0.1) is 0 Å². The summed E-state index contributed by atoms with van der Waals surface area (Å²) in [6.07, 6.45) is 4.88. The standard InChI is InChI=1S/C12H8N2.C4H4N2/c1-2-6-10-9(5-1)13-11-7-3-4-8-12(11)14-10;1-2-5-4-6-3-1/h1-8H;1-4H. The van der Waals surface area contributed by atoms with Gasteiger partial charge in [0.2, 0.25) is 0 Å². The van der Waals surface area contributed by atoms with Gasteiger partial charge >= 0.3 is 0 Å². The van der Waals surface area contributed by atoms with Gasteiger partial charge in [-0.3, -0.25) is 0 Å². The van der Waals surface area contributed by atoms with Crippen LogP contribution < -0.4 is 0 Å². The van der Waals surface area contributed by atoms with E-state index in [-0.39, 0.29) is 0 Å². The Morgan fingerprint density at radius 2 is 0.900 bits per heavy atom. The fourth-order valence-electron chi connectivity index (χ4n) is 1.82. The van der Waals surface area contributed by atoms with Crippen molar-refractivity contribution in [2.75, 3.05) is 0 Å². The highest BCUT2D eigenvalue weighted by Gasteiger charge is 1.98. The van der Waals surface area contributed by atoms with Gasteiger partial charge in [0, 0.05) is 12.4 Å². The van der Waals surface area contributed by atoms with Gasteiger partial charge in [-0.25, -0.2) is 19.9 Å². The maximum atomic E-state index is 4.52. The molecule has 4 rings (SSSR count). The zero-order chi connectivity index (χ0) is 13.6. The van der Waals surface area contributed by atoms with Crippen LogP contribution in [0.15, 0.2) is 73.3 Å². The molecule has 96 valence electrons. The average Bonchev–Trinajstić information content (AvgIpc) is 2.55. The van der Waals surface area contributed by atoms with E-state index in [9.17, 15) is 0 Å². The number of aromatic nitrogens is 4. The molecule has 0 saturated carbocycles. The van der Waals surface area contributed by atoms with E-state index < -0.39 is 0 Å². The van der Waals surface area contributed by atoms with E-state index in [0.717, 1.165) is 22.1 Å². The van der Waals surface area contributed by atoms with Gasteiger partial charge in [-0.2, -0.15) is 0 Å². The van der Waals surface area contributed by atoms with Crippen LogP contribution in [0.1, 0.15) is 0 Å². The highest BCUT2D eigenvalue weighted by molar-refractivity contribution is 5.85. The van der Waals surface area contributed by atoms with Crippen molar-refractivity contribution in [1.82, 2.24) is 19.9 Å². The van der Waals surface area contributed by atoms with Crippen LogP contribution in [0.2, 0.25) is 0 Å². The molecule has 0 N–H and O–H groups in total. The topological polar surface area (TPSA) is 51.6 Å². The summed E-state index contributed by atoms with van der Waals surface area (Å²) in [6.45, 7) is 0. The maximum Gasteiger partial charge on any atom is 0.115 e. The lowest BCUT2D eigenvalue weighted by Crippen LogP contribution is -1.85. The molecule has 0 saturated heterocycles. The third kappa shape index (κ3) is 2.75. The molecule has 0 aliphatic heterocycles. The van der Waals surface area contributed by atoms with E-state index in [4.69, 9.17) is 0 Å². The number of hydrogen-bond acceptors (Lipinski definition) is 4. The van der Waals surface area contributed by atoms with Crippen LogP contribution in [-0.2, 0) is 0 Å². The van der Waals surface area contributed by atoms with Gasteiger partial charge in [0.25, 0.3) is 0 Å². The first-order chi connectivity index (χ1) is 9.93. The molecule has 20 heavy (non-hydrogen) atoms. The van der Waals surface area contributed by atoms with E-state index >= 15 is 0 Å². The Balaban J connectivity index is 0.000000170. The Morgan fingerprint density at radius 3 is 1.15 bits per heavy atom. The van der Waals surface area contributed by atoms with Crippen LogP contribution in [0.3, 0.4) is 0 Å². The number of nitrogens with zero attached hydrogens (tertiary/aromatic N) is 4. The Labute approximate surface area is 116 Å². The molecule has 4 nitrogen and oxygen atoms in total. The average molecular weight is 260 g/mol. The second kappa shape index (κ2) is 5.84. The molecule has 2 aromatic carbocycles. The van der Waals surface area contributed by atoms with E-state index in [0.29, 0.717) is 0 Å². The highest BCUT2D eigenvalue weighted by atomic mass is 14.8. The second-order valence-corrected chi connectivity index (χ2v) is 4.11. The van der Waals surface area contributed by atoms with Gasteiger partial charge < -0.3 is 0 Å². The summed E-state index contributed by atoms with van der Waals surface area (Å²) < 4.78 is 0. The lowest BCUT2D eigenvalue weighted by molar-refractivity contribution is 1.17. The van der Waals surface area contributed by atoms with Gasteiger partial charge in [-0.1, -0.05) is 24.3 Å². The Bertz CT molecular complexity index is 684. The molecule has 4 heteroatoms. The van der Waals surface area contributed by atoms with Gasteiger partial charge in [0.15, 0.2) is 0 Å². The van der Waals surface area contributed by atoms with Crippen molar-refractivity contribution in [2.45, 2.75) is 0 Å². The smallest absolute Gasteiger partial charge is 0.115 e. The van der Waals surface area contributed by atoms with Gasteiger partial charge in [0.05, 0.1) is 22.1 Å². The van der Waals surface area contributed by atoms with Crippen molar-refractivity contribution in [3.63, 3.8) is 0 Å². The lowest BCUT2D eigenvalue weighted by atomic mass is 10.2. The highest BCUT2D eigenvalue weighted by Crippen LogP contribution is 2.14. The summed E-state index contributed by atoms with van der Waals surface area (Å²) in [4.78, 5) is 16.4. The first kappa shape index (κ1) is 12.2. The molecular weight excluding hydrogens is 248 g/mol. The zero-order valence-corrected chi connectivity index (χ0v) is 10.7. The number of rotatable bonds is 0. The van der Waals surface area contributed by atoms with Crippen LogP contribution >= 0.6 is 0 Å². The number of fused-ring (bicyclic) bond motifs is 2. The molecule has 2 heterocycles. The molecule has 0 aliphatic carbocycles. The van der Waals surface area contributed by atoms with Crippen molar-refractivity contribution < 1.29 is 0 Å². The van der Waals surface area contributed by atoms with E-state index in [1.165, 1.54) is 6.33 Å². The van der Waals surface area contributed by atoms with Gasteiger partial charge in [-0.15, -0.1) is 0 Å². The van der Waals surface area contributed by atoms with Crippen molar-refractivity contribution in [2.24, 2.45) is 0 Å². The van der Waals surface area contributed by atoms with Gasteiger partial charge in [-0.05, 0) is 30.3 Å². The number of para-hydroxylation sites is 4. The molecule has 0 unspecified atom stereocenters. The summed E-state index contributed by atoms with van der Waals surface area (Å²) in [5, 5.41) is 0. The van der Waals surface area contributed by atoms with Crippen molar-refractivity contribution in [3.05, 3.63) is 73.3 Å². The fourth-order valence-corrected chi connectivity index (χ4v) is 1.82. The summed E-state index contributed by atoms with van der Waals surface area (Å²) in [5.74, 6) is 0. The van der Waals surface area contributed by atoms with Crippen LogP contribution in [0.4, 0.5) is 0 Å². The molecular formula is C16H12N4. The predicted molar refractivity (Wildman–Crippen MR) is 79.1 cm³/mol. The zero-order valence-electron chi connectivity index (χ0n) is 10.7. The minimum Gasteiger partial charge on any atom is -0.245 e. The molecule has 2 aromatic heterocycles. The molecule has 0 radical (unpaired) electrons. The first-order valence-electron chi connectivity index (χ1n) is 6.25. The van der Waals surface area contributed by atoms with Crippen molar-refractivity contribution in [3.8, 4) is 0 Å². The molecule has 0 amide bonds.